The second kappa shape index (κ2) is 10.8. The summed E-state index contributed by atoms with van der Waals surface area (Å²) in [6, 6.07) is 25.5. The molecule has 0 aliphatic heterocycles. The van der Waals surface area contributed by atoms with Gasteiger partial charge < -0.3 is 4.74 Å². The van der Waals surface area contributed by atoms with Gasteiger partial charge in [0.15, 0.2) is 11.0 Å². The first-order chi connectivity index (χ1) is 16.5. The zero-order valence-corrected chi connectivity index (χ0v) is 20.0. The number of ether oxygens (including phenoxy) is 1. The second-order valence-corrected chi connectivity index (χ2v) is 8.54. The van der Waals surface area contributed by atoms with Gasteiger partial charge in [-0.3, -0.25) is 9.36 Å². The fourth-order valence-electron chi connectivity index (χ4n) is 3.27. The molecular weight excluding hydrogens is 446 g/mol. The van der Waals surface area contributed by atoms with Gasteiger partial charge in [-0.1, -0.05) is 59.8 Å². The maximum atomic E-state index is 12.5. The quantitative estimate of drug-likeness (QED) is 0.225. The number of carbonyl (C=O) groups is 1. The number of hydrazone groups is 1. The van der Waals surface area contributed by atoms with Crippen molar-refractivity contribution in [2.45, 2.75) is 19.0 Å². The van der Waals surface area contributed by atoms with Crippen molar-refractivity contribution in [3.63, 3.8) is 0 Å². The zero-order valence-electron chi connectivity index (χ0n) is 19.2. The Bertz CT molecular complexity index is 1280. The number of aryl methyl sites for hydroxylation is 1. The lowest BCUT2D eigenvalue weighted by Gasteiger charge is -2.11. The predicted molar refractivity (Wildman–Crippen MR) is 136 cm³/mol. The second-order valence-electron chi connectivity index (χ2n) is 7.59. The van der Waals surface area contributed by atoms with E-state index >= 15 is 0 Å². The SMILES string of the molecule is COc1ccc(-c2nnc(SCC(=O)N/N=C(/C)c3ccccc3)n2-c2ccc(C)cc2)cc1. The molecule has 0 radical (unpaired) electrons. The maximum Gasteiger partial charge on any atom is 0.250 e. The summed E-state index contributed by atoms with van der Waals surface area (Å²) in [5.74, 6) is 1.39. The number of amides is 1. The van der Waals surface area contributed by atoms with E-state index in [-0.39, 0.29) is 11.7 Å². The molecular formula is C26H25N5O2S. The van der Waals surface area contributed by atoms with Gasteiger partial charge in [-0.2, -0.15) is 5.10 Å². The van der Waals surface area contributed by atoms with Crippen LogP contribution in [-0.2, 0) is 4.79 Å². The Morgan fingerprint density at radius 2 is 1.71 bits per heavy atom. The van der Waals surface area contributed by atoms with E-state index in [1.54, 1.807) is 7.11 Å². The first-order valence-corrected chi connectivity index (χ1v) is 11.7. The standard InChI is InChI=1S/C26H25N5O2S/c1-18-9-13-22(14-10-18)31-25(21-11-15-23(33-3)16-12-21)29-30-26(31)34-17-24(32)28-27-19(2)20-7-5-4-6-8-20/h4-16H,17H2,1-3H3,(H,28,32)/b27-19-. The summed E-state index contributed by atoms with van der Waals surface area (Å²) < 4.78 is 7.23. The van der Waals surface area contributed by atoms with Gasteiger partial charge in [0.25, 0.3) is 5.91 Å². The van der Waals surface area contributed by atoms with Crippen LogP contribution in [0.1, 0.15) is 18.1 Å². The van der Waals surface area contributed by atoms with E-state index in [0.717, 1.165) is 33.8 Å². The normalized spacial score (nSPS) is 11.3. The highest BCUT2D eigenvalue weighted by Crippen LogP contribution is 2.29. The lowest BCUT2D eigenvalue weighted by Crippen LogP contribution is -2.21. The number of benzene rings is 3. The highest BCUT2D eigenvalue weighted by molar-refractivity contribution is 7.99. The summed E-state index contributed by atoms with van der Waals surface area (Å²) in [6.45, 7) is 3.90. The number of carbonyl (C=O) groups excluding carboxylic acids is 1. The molecule has 0 fully saturated rings. The molecule has 0 bridgehead atoms. The Kier molecular flexibility index (Phi) is 7.39. The van der Waals surface area contributed by atoms with Crippen molar-refractivity contribution in [2.75, 3.05) is 12.9 Å². The summed E-state index contributed by atoms with van der Waals surface area (Å²) in [6.07, 6.45) is 0. The van der Waals surface area contributed by atoms with Crippen LogP contribution in [0.3, 0.4) is 0 Å². The minimum absolute atomic E-state index is 0.151. The van der Waals surface area contributed by atoms with Crippen molar-refractivity contribution in [3.8, 4) is 22.8 Å². The van der Waals surface area contributed by atoms with Gasteiger partial charge in [0.05, 0.1) is 18.6 Å². The lowest BCUT2D eigenvalue weighted by molar-refractivity contribution is -0.118. The Morgan fingerprint density at radius 3 is 2.38 bits per heavy atom. The molecule has 0 aliphatic rings. The Hall–Kier alpha value is -3.91. The van der Waals surface area contributed by atoms with Crippen LogP contribution in [0.4, 0.5) is 0 Å². The summed E-state index contributed by atoms with van der Waals surface area (Å²) in [5, 5.41) is 13.6. The molecule has 4 aromatic rings. The number of thioether (sulfide) groups is 1. The third-order valence-electron chi connectivity index (χ3n) is 5.15. The number of nitrogens with one attached hydrogen (secondary N) is 1. The van der Waals surface area contributed by atoms with Crippen molar-refractivity contribution < 1.29 is 9.53 Å². The molecule has 0 spiro atoms. The Morgan fingerprint density at radius 1 is 1.00 bits per heavy atom. The number of hydrogen-bond acceptors (Lipinski definition) is 6. The van der Waals surface area contributed by atoms with E-state index in [2.05, 4.69) is 20.7 Å². The fraction of sp³-hybridized carbons (Fsp3) is 0.154. The van der Waals surface area contributed by atoms with Gasteiger partial charge in [0.1, 0.15) is 5.75 Å². The molecule has 1 N–H and O–H groups in total. The van der Waals surface area contributed by atoms with Gasteiger partial charge in [-0.05, 0) is 55.8 Å². The van der Waals surface area contributed by atoms with E-state index < -0.39 is 0 Å². The van der Waals surface area contributed by atoms with Gasteiger partial charge in [0.2, 0.25) is 0 Å². The summed E-state index contributed by atoms with van der Waals surface area (Å²) in [7, 11) is 1.63. The smallest absolute Gasteiger partial charge is 0.250 e. The zero-order chi connectivity index (χ0) is 23.9. The highest BCUT2D eigenvalue weighted by atomic mass is 32.2. The summed E-state index contributed by atoms with van der Waals surface area (Å²) in [4.78, 5) is 12.5. The number of methoxy groups -OCH3 is 1. The van der Waals surface area contributed by atoms with Crippen molar-refractivity contribution in [1.29, 1.82) is 0 Å². The van der Waals surface area contributed by atoms with Crippen LogP contribution in [0, 0.1) is 6.92 Å². The largest absolute Gasteiger partial charge is 0.497 e. The molecule has 1 aromatic heterocycles. The van der Waals surface area contributed by atoms with Crippen LogP contribution in [0.5, 0.6) is 5.75 Å². The van der Waals surface area contributed by atoms with Gasteiger partial charge in [-0.15, -0.1) is 10.2 Å². The van der Waals surface area contributed by atoms with E-state index in [9.17, 15) is 4.79 Å². The van der Waals surface area contributed by atoms with E-state index in [4.69, 9.17) is 4.74 Å². The van der Waals surface area contributed by atoms with E-state index in [0.29, 0.717) is 11.0 Å². The van der Waals surface area contributed by atoms with Gasteiger partial charge in [-0.25, -0.2) is 5.43 Å². The van der Waals surface area contributed by atoms with Crippen LogP contribution in [0.2, 0.25) is 0 Å². The molecule has 0 atom stereocenters. The Balaban J connectivity index is 1.54. The summed E-state index contributed by atoms with van der Waals surface area (Å²) in [5.41, 5.74) is 7.29. The average molecular weight is 472 g/mol. The lowest BCUT2D eigenvalue weighted by atomic mass is 10.1. The highest BCUT2D eigenvalue weighted by Gasteiger charge is 2.17. The van der Waals surface area contributed by atoms with Crippen molar-refractivity contribution in [3.05, 3.63) is 90.0 Å². The fourth-order valence-corrected chi connectivity index (χ4v) is 4.01. The van der Waals surface area contributed by atoms with Crippen LogP contribution in [0.15, 0.2) is 89.1 Å². The maximum absolute atomic E-state index is 12.5. The van der Waals surface area contributed by atoms with Crippen LogP contribution >= 0.6 is 11.8 Å². The molecule has 1 heterocycles. The predicted octanol–water partition coefficient (Wildman–Crippen LogP) is 4.88. The monoisotopic (exact) mass is 471 g/mol. The van der Waals surface area contributed by atoms with Crippen LogP contribution in [-0.4, -0.2) is 39.2 Å². The van der Waals surface area contributed by atoms with Crippen LogP contribution < -0.4 is 10.2 Å². The number of hydrogen-bond donors (Lipinski definition) is 1. The van der Waals surface area contributed by atoms with Crippen molar-refractivity contribution in [1.82, 2.24) is 20.2 Å². The molecule has 7 nitrogen and oxygen atoms in total. The molecule has 4 rings (SSSR count). The average Bonchev–Trinajstić information content (AvgIpc) is 3.31. The molecule has 0 unspecified atom stereocenters. The van der Waals surface area contributed by atoms with Crippen molar-refractivity contribution >= 4 is 23.4 Å². The molecule has 3 aromatic carbocycles. The number of rotatable bonds is 8. The summed E-state index contributed by atoms with van der Waals surface area (Å²) >= 11 is 1.31. The molecule has 0 saturated heterocycles. The molecule has 0 saturated carbocycles. The first kappa shape index (κ1) is 23.3. The minimum atomic E-state index is -0.218. The molecule has 0 aliphatic carbocycles. The van der Waals surface area contributed by atoms with E-state index in [1.807, 2.05) is 97.3 Å². The molecule has 8 heteroatoms. The molecule has 34 heavy (non-hydrogen) atoms. The third kappa shape index (κ3) is 5.52. The molecule has 172 valence electrons. The number of nitrogens with zero attached hydrogens (tertiary/aromatic N) is 4. The van der Waals surface area contributed by atoms with Gasteiger partial charge >= 0.3 is 0 Å². The van der Waals surface area contributed by atoms with Crippen LogP contribution in [0.25, 0.3) is 17.1 Å². The minimum Gasteiger partial charge on any atom is -0.497 e. The van der Waals surface area contributed by atoms with Gasteiger partial charge in [0, 0.05) is 11.3 Å². The van der Waals surface area contributed by atoms with Crippen molar-refractivity contribution in [2.24, 2.45) is 5.10 Å². The first-order valence-electron chi connectivity index (χ1n) is 10.7. The third-order valence-corrected chi connectivity index (χ3v) is 6.07. The topological polar surface area (TPSA) is 81.4 Å². The van der Waals surface area contributed by atoms with E-state index in [1.165, 1.54) is 11.8 Å². The molecule has 1 amide bonds. The number of aromatic nitrogens is 3. The Labute approximate surface area is 202 Å².